The van der Waals surface area contributed by atoms with Crippen molar-refractivity contribution in [3.05, 3.63) is 74.1 Å². The Morgan fingerprint density at radius 3 is 2.68 bits per heavy atom. The number of nitrogens with zero attached hydrogens (tertiary/aromatic N) is 1. The van der Waals surface area contributed by atoms with Crippen molar-refractivity contribution in [3.8, 4) is 11.3 Å². The van der Waals surface area contributed by atoms with E-state index in [9.17, 15) is 0 Å². The smallest absolute Gasteiger partial charge is 0.111 e. The molecule has 2 aromatic carbocycles. The van der Waals surface area contributed by atoms with Gasteiger partial charge in [0.25, 0.3) is 0 Å². The topological polar surface area (TPSA) is 28.7 Å². The number of nitrogens with one attached hydrogen (secondary N) is 1. The molecule has 1 heterocycles. The summed E-state index contributed by atoms with van der Waals surface area (Å²) in [7, 11) is 0. The Morgan fingerprint density at radius 1 is 1.14 bits per heavy atom. The predicted molar refractivity (Wildman–Crippen MR) is 95.7 cm³/mol. The molecule has 0 unspecified atom stereocenters. The van der Waals surface area contributed by atoms with Crippen LogP contribution in [0.15, 0.2) is 46.9 Å². The van der Waals surface area contributed by atoms with Crippen LogP contribution in [-0.2, 0) is 6.42 Å². The van der Waals surface area contributed by atoms with Gasteiger partial charge < -0.3 is 4.98 Å². The van der Waals surface area contributed by atoms with E-state index < -0.39 is 0 Å². The average molecular weight is 396 g/mol. The number of H-pyrrole nitrogens is 1. The molecule has 0 aliphatic heterocycles. The second-order valence-electron chi connectivity index (χ2n) is 5.09. The van der Waals surface area contributed by atoms with Crippen molar-refractivity contribution in [2.75, 3.05) is 0 Å². The summed E-state index contributed by atoms with van der Waals surface area (Å²) in [6, 6.07) is 13.7. The SMILES string of the molecule is Cc1[nH]c(Cc2cccc(Br)c2)nc1-c1ccc(Cl)cc1Cl. The fourth-order valence-corrected chi connectivity index (χ4v) is 3.33. The Morgan fingerprint density at radius 2 is 1.95 bits per heavy atom. The number of benzene rings is 2. The first-order valence-electron chi connectivity index (χ1n) is 6.78. The van der Waals surface area contributed by atoms with Crippen molar-refractivity contribution in [3.63, 3.8) is 0 Å². The minimum atomic E-state index is 0.608. The summed E-state index contributed by atoms with van der Waals surface area (Å²) >= 11 is 15.7. The molecule has 2 nitrogen and oxygen atoms in total. The van der Waals surface area contributed by atoms with Crippen LogP contribution in [0.5, 0.6) is 0 Å². The second kappa shape index (κ2) is 6.45. The number of hydrogen-bond acceptors (Lipinski definition) is 1. The maximum Gasteiger partial charge on any atom is 0.111 e. The van der Waals surface area contributed by atoms with Gasteiger partial charge in [0.2, 0.25) is 0 Å². The van der Waals surface area contributed by atoms with Gasteiger partial charge in [-0.05, 0) is 42.8 Å². The van der Waals surface area contributed by atoms with Gasteiger partial charge in [-0.25, -0.2) is 4.98 Å². The molecule has 5 heteroatoms. The van der Waals surface area contributed by atoms with E-state index in [1.165, 1.54) is 5.56 Å². The molecule has 0 amide bonds. The Bertz CT molecular complexity index is 827. The second-order valence-corrected chi connectivity index (χ2v) is 6.85. The number of aromatic amines is 1. The number of aromatic nitrogens is 2. The quantitative estimate of drug-likeness (QED) is 0.574. The van der Waals surface area contributed by atoms with Crippen LogP contribution in [0.2, 0.25) is 10.0 Å². The standard InChI is InChI=1S/C17H13BrCl2N2/c1-10-17(14-6-5-13(19)9-15(14)20)22-16(21-10)8-11-3-2-4-12(18)7-11/h2-7,9H,8H2,1H3,(H,21,22). The summed E-state index contributed by atoms with van der Waals surface area (Å²) in [5.74, 6) is 0.914. The lowest BCUT2D eigenvalue weighted by atomic mass is 10.1. The monoisotopic (exact) mass is 394 g/mol. The maximum atomic E-state index is 6.28. The highest BCUT2D eigenvalue weighted by Crippen LogP contribution is 2.31. The van der Waals surface area contributed by atoms with Crippen LogP contribution in [-0.4, -0.2) is 9.97 Å². The molecule has 1 N–H and O–H groups in total. The Kier molecular flexibility index (Phi) is 4.57. The molecule has 1 aromatic heterocycles. The first kappa shape index (κ1) is 15.6. The van der Waals surface area contributed by atoms with Gasteiger partial charge in [0.05, 0.1) is 10.7 Å². The molecule has 112 valence electrons. The molecule has 3 aromatic rings. The third kappa shape index (κ3) is 3.37. The molecule has 0 aliphatic carbocycles. The first-order valence-corrected chi connectivity index (χ1v) is 8.33. The fraction of sp³-hybridized carbons (Fsp3) is 0.118. The predicted octanol–water partition coefficient (Wildman–Crippen LogP) is 6.05. The van der Waals surface area contributed by atoms with Crippen molar-refractivity contribution in [2.24, 2.45) is 0 Å². The van der Waals surface area contributed by atoms with E-state index in [0.29, 0.717) is 10.0 Å². The van der Waals surface area contributed by atoms with Crippen LogP contribution in [0.3, 0.4) is 0 Å². The fourth-order valence-electron chi connectivity index (χ4n) is 2.39. The van der Waals surface area contributed by atoms with Crippen LogP contribution >= 0.6 is 39.1 Å². The largest absolute Gasteiger partial charge is 0.345 e. The van der Waals surface area contributed by atoms with Crippen molar-refractivity contribution in [2.45, 2.75) is 13.3 Å². The molecule has 0 saturated heterocycles. The first-order chi connectivity index (χ1) is 10.5. The van der Waals surface area contributed by atoms with Gasteiger partial charge in [-0.2, -0.15) is 0 Å². The highest BCUT2D eigenvalue weighted by Gasteiger charge is 2.13. The zero-order valence-corrected chi connectivity index (χ0v) is 14.9. The molecule has 0 bridgehead atoms. The Balaban J connectivity index is 1.94. The molecule has 0 saturated carbocycles. The van der Waals surface area contributed by atoms with Crippen molar-refractivity contribution in [1.82, 2.24) is 9.97 Å². The maximum absolute atomic E-state index is 6.28. The molecular weight excluding hydrogens is 383 g/mol. The molecular formula is C17H13BrCl2N2. The molecule has 0 spiro atoms. The Hall–Kier alpha value is -1.29. The highest BCUT2D eigenvalue weighted by atomic mass is 79.9. The van der Waals surface area contributed by atoms with E-state index >= 15 is 0 Å². The molecule has 22 heavy (non-hydrogen) atoms. The van der Waals surface area contributed by atoms with Crippen molar-refractivity contribution in [1.29, 1.82) is 0 Å². The third-order valence-electron chi connectivity index (χ3n) is 3.38. The molecule has 0 atom stereocenters. The summed E-state index contributed by atoms with van der Waals surface area (Å²) in [6.45, 7) is 2.00. The summed E-state index contributed by atoms with van der Waals surface area (Å²) in [5, 5.41) is 1.23. The highest BCUT2D eigenvalue weighted by molar-refractivity contribution is 9.10. The van der Waals surface area contributed by atoms with E-state index in [2.05, 4.69) is 33.0 Å². The van der Waals surface area contributed by atoms with Crippen LogP contribution in [0.1, 0.15) is 17.1 Å². The Labute approximate surface area is 147 Å². The van der Waals surface area contributed by atoms with Gasteiger partial charge in [-0.1, -0.05) is 51.3 Å². The summed E-state index contributed by atoms with van der Waals surface area (Å²) in [5.41, 5.74) is 3.94. The summed E-state index contributed by atoms with van der Waals surface area (Å²) in [4.78, 5) is 8.03. The van der Waals surface area contributed by atoms with Crippen LogP contribution < -0.4 is 0 Å². The van der Waals surface area contributed by atoms with Crippen molar-refractivity contribution < 1.29 is 0 Å². The van der Waals surface area contributed by atoms with E-state index in [0.717, 1.165) is 33.7 Å². The summed E-state index contributed by atoms with van der Waals surface area (Å²) in [6.07, 6.45) is 0.742. The number of rotatable bonds is 3. The van der Waals surface area contributed by atoms with E-state index in [1.54, 1.807) is 6.07 Å². The summed E-state index contributed by atoms with van der Waals surface area (Å²) < 4.78 is 1.06. The van der Waals surface area contributed by atoms with Gasteiger partial charge in [0, 0.05) is 27.2 Å². The minimum Gasteiger partial charge on any atom is -0.345 e. The van der Waals surface area contributed by atoms with Crippen molar-refractivity contribution >= 4 is 39.1 Å². The van der Waals surface area contributed by atoms with Gasteiger partial charge in [0.15, 0.2) is 0 Å². The van der Waals surface area contributed by atoms with Gasteiger partial charge in [0.1, 0.15) is 5.82 Å². The minimum absolute atomic E-state index is 0.608. The van der Waals surface area contributed by atoms with Gasteiger partial charge in [-0.3, -0.25) is 0 Å². The number of aryl methyl sites for hydroxylation is 1. The molecule has 0 radical (unpaired) electrons. The average Bonchev–Trinajstić information content (AvgIpc) is 2.79. The van der Waals surface area contributed by atoms with Crippen LogP contribution in [0.4, 0.5) is 0 Å². The lowest BCUT2D eigenvalue weighted by molar-refractivity contribution is 1.02. The zero-order valence-electron chi connectivity index (χ0n) is 11.8. The van der Waals surface area contributed by atoms with E-state index in [-0.39, 0.29) is 0 Å². The third-order valence-corrected chi connectivity index (χ3v) is 4.42. The number of hydrogen-bond donors (Lipinski definition) is 1. The van der Waals surface area contributed by atoms with Gasteiger partial charge >= 0.3 is 0 Å². The zero-order chi connectivity index (χ0) is 15.7. The molecule has 0 fully saturated rings. The number of halogens is 3. The molecule has 3 rings (SSSR count). The van der Waals surface area contributed by atoms with Crippen LogP contribution in [0, 0.1) is 6.92 Å². The normalized spacial score (nSPS) is 10.9. The van der Waals surface area contributed by atoms with Crippen LogP contribution in [0.25, 0.3) is 11.3 Å². The van der Waals surface area contributed by atoms with E-state index in [1.807, 2.05) is 31.2 Å². The van der Waals surface area contributed by atoms with E-state index in [4.69, 9.17) is 28.2 Å². The van der Waals surface area contributed by atoms with Gasteiger partial charge in [-0.15, -0.1) is 0 Å². The lowest BCUT2D eigenvalue weighted by Crippen LogP contribution is -1.90. The number of imidazole rings is 1. The lowest BCUT2D eigenvalue weighted by Gasteiger charge is -2.02. The molecule has 0 aliphatic rings.